The van der Waals surface area contributed by atoms with Gasteiger partial charge in [0.05, 0.1) is 24.3 Å². The second-order valence-corrected chi connectivity index (χ2v) is 7.85. The number of esters is 1. The summed E-state index contributed by atoms with van der Waals surface area (Å²) in [5.41, 5.74) is -0.0886. The average molecular weight is 481 g/mol. The predicted molar refractivity (Wildman–Crippen MR) is 119 cm³/mol. The highest BCUT2D eigenvalue weighted by Crippen LogP contribution is 2.42. The minimum Gasteiger partial charge on any atom is -0.465 e. The van der Waals surface area contributed by atoms with E-state index in [1.54, 1.807) is 30.3 Å². The molecule has 2 atom stereocenters. The van der Waals surface area contributed by atoms with Crippen molar-refractivity contribution in [2.45, 2.75) is 12.2 Å². The van der Waals surface area contributed by atoms with Crippen LogP contribution in [0.25, 0.3) is 0 Å². The minimum atomic E-state index is -4.57. The van der Waals surface area contributed by atoms with E-state index >= 15 is 0 Å². The van der Waals surface area contributed by atoms with Crippen molar-refractivity contribution in [1.82, 2.24) is 0 Å². The van der Waals surface area contributed by atoms with Crippen molar-refractivity contribution in [2.24, 2.45) is 5.92 Å². The highest BCUT2D eigenvalue weighted by Gasteiger charge is 2.52. The molecule has 178 valence electrons. The maximum Gasteiger partial charge on any atom is 0.416 e. The molecule has 0 aliphatic carbocycles. The van der Waals surface area contributed by atoms with E-state index in [9.17, 15) is 32.3 Å². The molecule has 1 fully saturated rings. The zero-order valence-corrected chi connectivity index (χ0v) is 18.3. The Morgan fingerprint density at radius 3 is 1.94 bits per heavy atom. The Labute approximate surface area is 197 Å². The molecule has 0 bridgehead atoms. The third kappa shape index (κ3) is 4.44. The molecule has 35 heavy (non-hydrogen) atoms. The zero-order chi connectivity index (χ0) is 25.3. The molecular weight excluding hydrogens is 463 g/mol. The molecule has 0 aromatic heterocycles. The van der Waals surface area contributed by atoms with Crippen molar-refractivity contribution in [2.75, 3.05) is 12.0 Å². The van der Waals surface area contributed by atoms with Gasteiger partial charge in [0.1, 0.15) is 5.92 Å². The standard InChI is InChI=1S/C26H18F3NO5/c1-35-25(34)17-9-7-16(8-10-17)22(31)20-21(15-5-3-2-4-6-15)30(24(33)23(20)32)19-13-11-18(12-14-19)26(27,28)29/h2-14,20-21H,1H3. The van der Waals surface area contributed by atoms with Gasteiger partial charge < -0.3 is 4.74 Å². The number of carbonyl (C=O) groups is 4. The Hall–Kier alpha value is -4.27. The molecule has 6 nitrogen and oxygen atoms in total. The number of rotatable bonds is 5. The Bertz CT molecular complexity index is 1290. The molecule has 0 N–H and O–H groups in total. The van der Waals surface area contributed by atoms with E-state index in [4.69, 9.17) is 0 Å². The molecule has 1 heterocycles. The summed E-state index contributed by atoms with van der Waals surface area (Å²) in [5, 5.41) is 0. The van der Waals surface area contributed by atoms with Gasteiger partial charge in [0.15, 0.2) is 5.78 Å². The monoisotopic (exact) mass is 481 g/mol. The van der Waals surface area contributed by atoms with Gasteiger partial charge in [-0.3, -0.25) is 19.3 Å². The third-order valence-electron chi connectivity index (χ3n) is 5.79. The van der Waals surface area contributed by atoms with Crippen molar-refractivity contribution in [3.8, 4) is 0 Å². The summed E-state index contributed by atoms with van der Waals surface area (Å²) in [4.78, 5) is 52.3. The Morgan fingerprint density at radius 2 is 1.40 bits per heavy atom. The first-order valence-corrected chi connectivity index (χ1v) is 10.5. The van der Waals surface area contributed by atoms with Crippen LogP contribution in [0.3, 0.4) is 0 Å². The molecule has 4 rings (SSSR count). The maximum absolute atomic E-state index is 13.4. The number of alkyl halides is 3. The van der Waals surface area contributed by atoms with E-state index < -0.39 is 47.1 Å². The number of carbonyl (C=O) groups excluding carboxylic acids is 4. The maximum atomic E-state index is 13.4. The van der Waals surface area contributed by atoms with Gasteiger partial charge in [0.25, 0.3) is 5.91 Å². The molecule has 1 amide bonds. The van der Waals surface area contributed by atoms with Gasteiger partial charge in [-0.05, 0) is 42.0 Å². The zero-order valence-electron chi connectivity index (χ0n) is 18.3. The number of benzene rings is 3. The first-order valence-electron chi connectivity index (χ1n) is 10.5. The summed E-state index contributed by atoms with van der Waals surface area (Å²) in [5.74, 6) is -4.66. The topological polar surface area (TPSA) is 80.8 Å². The second kappa shape index (κ2) is 9.17. The second-order valence-electron chi connectivity index (χ2n) is 7.85. The van der Waals surface area contributed by atoms with Gasteiger partial charge in [0, 0.05) is 11.3 Å². The summed E-state index contributed by atoms with van der Waals surface area (Å²) in [6.07, 6.45) is -4.57. The van der Waals surface area contributed by atoms with Crippen molar-refractivity contribution >= 4 is 29.1 Å². The van der Waals surface area contributed by atoms with Crippen LogP contribution in [0.15, 0.2) is 78.9 Å². The molecule has 1 saturated heterocycles. The van der Waals surface area contributed by atoms with Crippen LogP contribution in [0.5, 0.6) is 0 Å². The number of hydrogen-bond acceptors (Lipinski definition) is 5. The number of hydrogen-bond donors (Lipinski definition) is 0. The van der Waals surface area contributed by atoms with Crippen molar-refractivity contribution < 1.29 is 37.1 Å². The molecule has 3 aromatic carbocycles. The summed E-state index contributed by atoms with van der Waals surface area (Å²) >= 11 is 0. The van der Waals surface area contributed by atoms with Crippen LogP contribution in [0.4, 0.5) is 18.9 Å². The van der Waals surface area contributed by atoms with Crippen LogP contribution in [-0.4, -0.2) is 30.6 Å². The summed E-state index contributed by atoms with van der Waals surface area (Å²) < 4.78 is 43.7. The number of ether oxygens (including phenoxy) is 1. The van der Waals surface area contributed by atoms with Gasteiger partial charge >= 0.3 is 12.1 Å². The third-order valence-corrected chi connectivity index (χ3v) is 5.79. The lowest BCUT2D eigenvalue weighted by molar-refractivity contribution is -0.137. The molecule has 2 unspecified atom stereocenters. The summed E-state index contributed by atoms with van der Waals surface area (Å²) in [6.45, 7) is 0. The molecule has 1 aliphatic rings. The fourth-order valence-electron chi connectivity index (χ4n) is 4.08. The number of halogens is 3. The van der Waals surface area contributed by atoms with Crippen LogP contribution >= 0.6 is 0 Å². The Balaban J connectivity index is 1.77. The Morgan fingerprint density at radius 1 is 0.829 bits per heavy atom. The van der Waals surface area contributed by atoms with Crippen LogP contribution in [0, 0.1) is 5.92 Å². The predicted octanol–water partition coefficient (Wildman–Crippen LogP) is 4.65. The van der Waals surface area contributed by atoms with E-state index in [1.807, 2.05) is 0 Å². The normalized spacial score (nSPS) is 18.0. The minimum absolute atomic E-state index is 0.0570. The smallest absolute Gasteiger partial charge is 0.416 e. The van der Waals surface area contributed by atoms with Crippen LogP contribution < -0.4 is 4.90 Å². The average Bonchev–Trinajstić information content (AvgIpc) is 3.13. The SMILES string of the molecule is COC(=O)c1ccc(C(=O)C2C(=O)C(=O)N(c3ccc(C(F)(F)F)cc3)C2c2ccccc2)cc1. The number of amides is 1. The van der Waals surface area contributed by atoms with E-state index in [0.29, 0.717) is 5.56 Å². The lowest BCUT2D eigenvalue weighted by atomic mass is 9.86. The van der Waals surface area contributed by atoms with Crippen molar-refractivity contribution in [1.29, 1.82) is 0 Å². The molecule has 1 aliphatic heterocycles. The first-order chi connectivity index (χ1) is 16.6. The number of ketones is 2. The van der Waals surface area contributed by atoms with Crippen LogP contribution in [0.1, 0.15) is 37.9 Å². The van der Waals surface area contributed by atoms with Gasteiger partial charge in [-0.25, -0.2) is 4.79 Å². The highest BCUT2D eigenvalue weighted by molar-refractivity contribution is 6.49. The highest BCUT2D eigenvalue weighted by atomic mass is 19.4. The molecular formula is C26H18F3NO5. The number of nitrogens with zero attached hydrogens (tertiary/aromatic N) is 1. The van der Waals surface area contributed by atoms with E-state index in [2.05, 4.69) is 4.74 Å². The van der Waals surface area contributed by atoms with Crippen LogP contribution in [-0.2, 0) is 20.5 Å². The first kappa shape index (κ1) is 23.9. The number of Topliss-reactive ketones (excluding diaryl/α,β-unsaturated/α-hetero) is 2. The summed E-state index contributed by atoms with van der Waals surface area (Å²) in [7, 11) is 1.21. The fourth-order valence-corrected chi connectivity index (χ4v) is 4.08. The largest absolute Gasteiger partial charge is 0.465 e. The van der Waals surface area contributed by atoms with E-state index in [1.165, 1.54) is 31.4 Å². The number of anilines is 1. The molecule has 9 heteroatoms. The Kier molecular flexibility index (Phi) is 6.26. The molecule has 0 radical (unpaired) electrons. The van der Waals surface area contributed by atoms with Crippen molar-refractivity contribution in [3.63, 3.8) is 0 Å². The molecule has 0 saturated carbocycles. The number of methoxy groups -OCH3 is 1. The lowest BCUT2D eigenvalue weighted by Crippen LogP contribution is -2.30. The van der Waals surface area contributed by atoms with Gasteiger partial charge in [-0.1, -0.05) is 42.5 Å². The van der Waals surface area contributed by atoms with Crippen molar-refractivity contribution in [3.05, 3.63) is 101 Å². The lowest BCUT2D eigenvalue weighted by Gasteiger charge is -2.27. The quantitative estimate of drug-likeness (QED) is 0.229. The van der Waals surface area contributed by atoms with E-state index in [0.717, 1.165) is 29.2 Å². The van der Waals surface area contributed by atoms with Gasteiger partial charge in [-0.2, -0.15) is 13.2 Å². The molecule has 0 spiro atoms. The van der Waals surface area contributed by atoms with Gasteiger partial charge in [-0.15, -0.1) is 0 Å². The fraction of sp³-hybridized carbons (Fsp3) is 0.154. The molecule has 3 aromatic rings. The van der Waals surface area contributed by atoms with E-state index in [-0.39, 0.29) is 16.8 Å². The van der Waals surface area contributed by atoms with Gasteiger partial charge in [0.2, 0.25) is 5.78 Å². The van der Waals surface area contributed by atoms with Crippen LogP contribution in [0.2, 0.25) is 0 Å². The summed E-state index contributed by atoms with van der Waals surface area (Å²) in [6, 6.07) is 16.5.